The number of nitro benzene ring substituents is 1. The number of aromatic nitrogens is 2. The zero-order chi connectivity index (χ0) is 19.9. The van der Waals surface area contributed by atoms with Gasteiger partial charge in [0.05, 0.1) is 37.1 Å². The summed E-state index contributed by atoms with van der Waals surface area (Å²) < 4.78 is 12.7. The Labute approximate surface area is 161 Å². The van der Waals surface area contributed by atoms with Crippen molar-refractivity contribution in [1.29, 1.82) is 0 Å². The minimum Gasteiger partial charge on any atom is -0.465 e. The second-order valence-corrected chi connectivity index (χ2v) is 6.10. The van der Waals surface area contributed by atoms with Crippen LogP contribution < -0.4 is 0 Å². The third-order valence-electron chi connectivity index (χ3n) is 4.24. The van der Waals surface area contributed by atoms with Gasteiger partial charge < -0.3 is 14.0 Å². The number of imidazole rings is 1. The Morgan fingerprint density at radius 2 is 1.89 bits per heavy atom. The quantitative estimate of drug-likeness (QED) is 0.336. The number of esters is 1. The van der Waals surface area contributed by atoms with E-state index in [2.05, 4.69) is 4.98 Å². The fraction of sp³-hybridized carbons (Fsp3) is 0.200. The number of carbonyl (C=O) groups is 1. The third-order valence-corrected chi connectivity index (χ3v) is 4.24. The van der Waals surface area contributed by atoms with Crippen molar-refractivity contribution in [3.63, 3.8) is 0 Å². The van der Waals surface area contributed by atoms with E-state index < -0.39 is 10.9 Å². The zero-order valence-electron chi connectivity index (χ0n) is 15.2. The molecule has 28 heavy (non-hydrogen) atoms. The summed E-state index contributed by atoms with van der Waals surface area (Å²) in [5, 5.41) is 10.9. The fourth-order valence-corrected chi connectivity index (χ4v) is 2.70. The first-order valence-corrected chi connectivity index (χ1v) is 8.56. The number of hydrogen-bond donors (Lipinski definition) is 0. The lowest BCUT2D eigenvalue weighted by Gasteiger charge is -2.19. The molecule has 0 bridgehead atoms. The molecule has 0 fully saturated rings. The van der Waals surface area contributed by atoms with Crippen LogP contribution in [-0.2, 0) is 22.6 Å². The highest BCUT2D eigenvalue weighted by atomic mass is 16.6. The van der Waals surface area contributed by atoms with E-state index in [1.807, 2.05) is 10.8 Å². The van der Waals surface area contributed by atoms with Crippen molar-refractivity contribution in [3.8, 4) is 0 Å². The van der Waals surface area contributed by atoms with E-state index in [4.69, 9.17) is 9.47 Å². The molecule has 0 saturated heterocycles. The molecule has 0 radical (unpaired) electrons. The van der Waals surface area contributed by atoms with Gasteiger partial charge in [-0.3, -0.25) is 10.1 Å². The van der Waals surface area contributed by atoms with Gasteiger partial charge in [0, 0.05) is 24.5 Å². The SMILES string of the molecule is COC(=O)c1ccc(COC(Cn2ccnc2)c2ccc([N+](=O)[O-])cc2)cc1. The summed E-state index contributed by atoms with van der Waals surface area (Å²) in [4.78, 5) is 26.0. The maximum Gasteiger partial charge on any atom is 0.337 e. The number of hydrogen-bond acceptors (Lipinski definition) is 6. The van der Waals surface area contributed by atoms with Crippen LogP contribution in [0, 0.1) is 10.1 Å². The van der Waals surface area contributed by atoms with Crippen LogP contribution in [0.3, 0.4) is 0 Å². The number of methoxy groups -OCH3 is 1. The van der Waals surface area contributed by atoms with Gasteiger partial charge in [-0.1, -0.05) is 12.1 Å². The molecule has 0 N–H and O–H groups in total. The largest absolute Gasteiger partial charge is 0.465 e. The van der Waals surface area contributed by atoms with Gasteiger partial charge in [0.15, 0.2) is 0 Å². The lowest BCUT2D eigenvalue weighted by Crippen LogP contribution is -2.12. The summed E-state index contributed by atoms with van der Waals surface area (Å²) in [5.74, 6) is -0.392. The second kappa shape index (κ2) is 8.92. The van der Waals surface area contributed by atoms with E-state index in [9.17, 15) is 14.9 Å². The predicted molar refractivity (Wildman–Crippen MR) is 101 cm³/mol. The molecule has 0 aliphatic rings. The molecule has 0 spiro atoms. The molecule has 2 aromatic carbocycles. The van der Waals surface area contributed by atoms with E-state index in [1.165, 1.54) is 19.2 Å². The Morgan fingerprint density at radius 1 is 1.18 bits per heavy atom. The van der Waals surface area contributed by atoms with Gasteiger partial charge in [0.1, 0.15) is 6.10 Å². The first-order valence-electron chi connectivity index (χ1n) is 8.56. The average Bonchev–Trinajstić information content (AvgIpc) is 3.24. The summed E-state index contributed by atoms with van der Waals surface area (Å²) in [6.45, 7) is 0.829. The molecular formula is C20H19N3O5. The monoisotopic (exact) mass is 381 g/mol. The van der Waals surface area contributed by atoms with Crippen molar-refractivity contribution in [2.24, 2.45) is 0 Å². The number of nitrogens with zero attached hydrogens (tertiary/aromatic N) is 3. The number of nitro groups is 1. The Hall–Kier alpha value is -3.52. The summed E-state index contributed by atoms with van der Waals surface area (Å²) in [6.07, 6.45) is 4.87. The normalized spacial score (nSPS) is 11.8. The standard InChI is InChI=1S/C20H19N3O5/c1-27-20(24)17-4-2-15(3-5-17)13-28-19(12-22-11-10-21-14-22)16-6-8-18(9-7-16)23(25)26/h2-11,14,19H,12-13H2,1H3. The number of benzene rings is 2. The molecule has 3 rings (SSSR count). The zero-order valence-corrected chi connectivity index (χ0v) is 15.2. The van der Waals surface area contributed by atoms with E-state index in [0.29, 0.717) is 18.7 Å². The molecule has 8 heteroatoms. The van der Waals surface area contributed by atoms with Gasteiger partial charge in [0.25, 0.3) is 5.69 Å². The number of non-ortho nitro benzene ring substituents is 1. The first-order chi connectivity index (χ1) is 13.6. The molecule has 1 unspecified atom stereocenters. The minimum atomic E-state index is -0.432. The van der Waals surface area contributed by atoms with E-state index in [-0.39, 0.29) is 11.8 Å². The molecule has 8 nitrogen and oxygen atoms in total. The highest BCUT2D eigenvalue weighted by molar-refractivity contribution is 5.89. The van der Waals surface area contributed by atoms with Crippen LogP contribution in [0.25, 0.3) is 0 Å². The number of rotatable bonds is 8. The molecule has 1 heterocycles. The number of ether oxygens (including phenoxy) is 2. The van der Waals surface area contributed by atoms with Crippen LogP contribution >= 0.6 is 0 Å². The highest BCUT2D eigenvalue weighted by Gasteiger charge is 2.15. The van der Waals surface area contributed by atoms with Gasteiger partial charge in [-0.15, -0.1) is 0 Å². The molecule has 144 valence electrons. The second-order valence-electron chi connectivity index (χ2n) is 6.10. The van der Waals surface area contributed by atoms with Crippen LogP contribution in [0.5, 0.6) is 0 Å². The summed E-state index contributed by atoms with van der Waals surface area (Å²) in [6, 6.07) is 13.3. The summed E-state index contributed by atoms with van der Waals surface area (Å²) >= 11 is 0. The van der Waals surface area contributed by atoms with Crippen molar-refractivity contribution in [2.45, 2.75) is 19.3 Å². The summed E-state index contributed by atoms with van der Waals surface area (Å²) in [5.41, 5.74) is 2.22. The van der Waals surface area contributed by atoms with Crippen LogP contribution in [0.4, 0.5) is 5.69 Å². The van der Waals surface area contributed by atoms with Gasteiger partial charge in [-0.25, -0.2) is 9.78 Å². The lowest BCUT2D eigenvalue weighted by atomic mass is 10.1. The molecular weight excluding hydrogens is 362 g/mol. The fourth-order valence-electron chi connectivity index (χ4n) is 2.70. The van der Waals surface area contributed by atoms with Gasteiger partial charge in [-0.2, -0.15) is 0 Å². The minimum absolute atomic E-state index is 0.0310. The van der Waals surface area contributed by atoms with E-state index >= 15 is 0 Å². The predicted octanol–water partition coefficient (Wildman–Crippen LogP) is 3.54. The van der Waals surface area contributed by atoms with Crippen molar-refractivity contribution in [1.82, 2.24) is 9.55 Å². The van der Waals surface area contributed by atoms with Gasteiger partial charge in [-0.05, 0) is 35.4 Å². The first kappa shape index (κ1) is 19.2. The molecule has 0 aliphatic heterocycles. The Bertz CT molecular complexity index is 921. The van der Waals surface area contributed by atoms with Crippen molar-refractivity contribution < 1.29 is 19.2 Å². The van der Waals surface area contributed by atoms with Crippen LogP contribution in [-0.4, -0.2) is 27.6 Å². The Kier molecular flexibility index (Phi) is 6.13. The molecule has 1 atom stereocenters. The van der Waals surface area contributed by atoms with E-state index in [1.54, 1.807) is 48.9 Å². The Balaban J connectivity index is 1.73. The highest BCUT2D eigenvalue weighted by Crippen LogP contribution is 2.24. The molecule has 1 aromatic heterocycles. The topological polar surface area (TPSA) is 96.5 Å². The maximum absolute atomic E-state index is 11.5. The van der Waals surface area contributed by atoms with Crippen molar-refractivity contribution in [3.05, 3.63) is 94.1 Å². The molecule has 0 amide bonds. The van der Waals surface area contributed by atoms with Crippen LogP contribution in [0.1, 0.15) is 27.6 Å². The molecule has 0 saturated carbocycles. The van der Waals surface area contributed by atoms with Crippen molar-refractivity contribution in [2.75, 3.05) is 7.11 Å². The molecule has 0 aliphatic carbocycles. The van der Waals surface area contributed by atoms with Gasteiger partial charge in [0.2, 0.25) is 0 Å². The summed E-state index contributed by atoms with van der Waals surface area (Å²) in [7, 11) is 1.34. The van der Waals surface area contributed by atoms with E-state index in [0.717, 1.165) is 11.1 Å². The average molecular weight is 381 g/mol. The van der Waals surface area contributed by atoms with Gasteiger partial charge >= 0.3 is 5.97 Å². The van der Waals surface area contributed by atoms with Crippen LogP contribution in [0.15, 0.2) is 67.3 Å². The van der Waals surface area contributed by atoms with Crippen LogP contribution in [0.2, 0.25) is 0 Å². The third kappa shape index (κ3) is 4.80. The maximum atomic E-state index is 11.5. The number of carbonyl (C=O) groups excluding carboxylic acids is 1. The smallest absolute Gasteiger partial charge is 0.337 e. The Morgan fingerprint density at radius 3 is 2.46 bits per heavy atom. The van der Waals surface area contributed by atoms with Crippen molar-refractivity contribution >= 4 is 11.7 Å². The molecule has 3 aromatic rings. The lowest BCUT2D eigenvalue weighted by molar-refractivity contribution is -0.384.